The molecule has 1 aromatic heterocycles. The molecule has 100 valence electrons. The summed E-state index contributed by atoms with van der Waals surface area (Å²) in [6, 6.07) is 7.85. The second kappa shape index (κ2) is 6.26. The highest BCUT2D eigenvalue weighted by atomic mass is 79.9. The Morgan fingerprint density at radius 2 is 2.25 bits per heavy atom. The predicted octanol–water partition coefficient (Wildman–Crippen LogP) is 2.78. The molecule has 1 aromatic carbocycles. The lowest BCUT2D eigenvalue weighted by Gasteiger charge is -2.07. The third-order valence-corrected chi connectivity index (χ3v) is 3.13. The van der Waals surface area contributed by atoms with Crippen LogP contribution in [0, 0.1) is 17.1 Å². The summed E-state index contributed by atoms with van der Waals surface area (Å²) in [5.41, 5.74) is 0.757. The first-order valence-electron chi connectivity index (χ1n) is 5.68. The highest BCUT2D eigenvalue weighted by molar-refractivity contribution is 9.10. The van der Waals surface area contributed by atoms with Crippen LogP contribution in [-0.4, -0.2) is 10.9 Å². The van der Waals surface area contributed by atoms with E-state index in [-0.39, 0.29) is 17.7 Å². The van der Waals surface area contributed by atoms with E-state index in [2.05, 4.69) is 26.2 Å². The van der Waals surface area contributed by atoms with Crippen molar-refractivity contribution in [3.8, 4) is 6.07 Å². The molecule has 0 saturated heterocycles. The normalized spacial score (nSPS) is 9.85. The average Bonchev–Trinajstić information content (AvgIpc) is 2.47. The van der Waals surface area contributed by atoms with Crippen molar-refractivity contribution in [3.63, 3.8) is 0 Å². The maximum atomic E-state index is 13.5. The molecular formula is C14H9BrFN3O. The van der Waals surface area contributed by atoms with Gasteiger partial charge in [0.1, 0.15) is 11.9 Å². The molecule has 2 aromatic rings. The van der Waals surface area contributed by atoms with Crippen molar-refractivity contribution in [1.29, 1.82) is 5.26 Å². The van der Waals surface area contributed by atoms with E-state index < -0.39 is 11.7 Å². The molecule has 1 amide bonds. The van der Waals surface area contributed by atoms with Crippen molar-refractivity contribution in [2.45, 2.75) is 6.54 Å². The zero-order chi connectivity index (χ0) is 14.5. The molecule has 0 fully saturated rings. The Morgan fingerprint density at radius 3 is 3.00 bits per heavy atom. The molecule has 0 radical (unpaired) electrons. The standard InChI is InChI=1S/C14H9BrFN3O/c15-11-1-2-13(16)10(5-11)7-19-14(20)12-8-18-4-3-9(12)6-17/h1-5,8H,7H2,(H,19,20). The third kappa shape index (κ3) is 3.19. The van der Waals surface area contributed by atoms with Gasteiger partial charge in [-0.3, -0.25) is 9.78 Å². The zero-order valence-corrected chi connectivity index (χ0v) is 11.8. The highest BCUT2D eigenvalue weighted by Crippen LogP contribution is 2.15. The van der Waals surface area contributed by atoms with Gasteiger partial charge in [-0.15, -0.1) is 0 Å². The van der Waals surface area contributed by atoms with Gasteiger partial charge in [0.25, 0.3) is 5.91 Å². The summed E-state index contributed by atoms with van der Waals surface area (Å²) >= 11 is 3.24. The van der Waals surface area contributed by atoms with Crippen molar-refractivity contribution in [3.05, 3.63) is 63.6 Å². The molecule has 0 spiro atoms. The van der Waals surface area contributed by atoms with E-state index in [1.807, 2.05) is 6.07 Å². The van der Waals surface area contributed by atoms with Gasteiger partial charge in [0.05, 0.1) is 11.1 Å². The minimum Gasteiger partial charge on any atom is -0.348 e. The van der Waals surface area contributed by atoms with E-state index in [0.29, 0.717) is 5.56 Å². The minimum absolute atomic E-state index is 0.0316. The number of nitriles is 1. The van der Waals surface area contributed by atoms with E-state index >= 15 is 0 Å². The van der Waals surface area contributed by atoms with Crippen molar-refractivity contribution in [2.24, 2.45) is 0 Å². The molecular weight excluding hydrogens is 325 g/mol. The minimum atomic E-state index is -0.464. The van der Waals surface area contributed by atoms with Gasteiger partial charge in [0, 0.05) is 29.0 Å². The number of amides is 1. The van der Waals surface area contributed by atoms with Crippen LogP contribution in [0.25, 0.3) is 0 Å². The van der Waals surface area contributed by atoms with E-state index in [4.69, 9.17) is 5.26 Å². The van der Waals surface area contributed by atoms with Crippen LogP contribution >= 0.6 is 15.9 Å². The number of nitrogens with one attached hydrogen (secondary N) is 1. The van der Waals surface area contributed by atoms with Crippen LogP contribution in [0.3, 0.4) is 0 Å². The van der Waals surface area contributed by atoms with Gasteiger partial charge in [-0.05, 0) is 24.3 Å². The van der Waals surface area contributed by atoms with Gasteiger partial charge < -0.3 is 5.32 Å². The van der Waals surface area contributed by atoms with Crippen molar-refractivity contribution in [2.75, 3.05) is 0 Å². The smallest absolute Gasteiger partial charge is 0.254 e. The molecule has 0 aliphatic carbocycles. The Kier molecular flexibility index (Phi) is 4.43. The predicted molar refractivity (Wildman–Crippen MR) is 74.2 cm³/mol. The lowest BCUT2D eigenvalue weighted by Crippen LogP contribution is -2.24. The first-order chi connectivity index (χ1) is 9.61. The van der Waals surface area contributed by atoms with Crippen LogP contribution in [0.1, 0.15) is 21.5 Å². The number of benzene rings is 1. The van der Waals surface area contributed by atoms with E-state index in [0.717, 1.165) is 4.47 Å². The lowest BCUT2D eigenvalue weighted by atomic mass is 10.1. The summed E-state index contributed by atoms with van der Waals surface area (Å²) in [5.74, 6) is -0.866. The summed E-state index contributed by atoms with van der Waals surface area (Å²) in [5, 5.41) is 11.5. The monoisotopic (exact) mass is 333 g/mol. The second-order valence-corrected chi connectivity index (χ2v) is 4.87. The molecule has 0 bridgehead atoms. The number of carbonyl (C=O) groups is 1. The molecule has 0 aliphatic rings. The van der Waals surface area contributed by atoms with Gasteiger partial charge in [-0.2, -0.15) is 5.26 Å². The molecule has 20 heavy (non-hydrogen) atoms. The number of aromatic nitrogens is 1. The molecule has 6 heteroatoms. The van der Waals surface area contributed by atoms with E-state index in [9.17, 15) is 9.18 Å². The van der Waals surface area contributed by atoms with Crippen LogP contribution < -0.4 is 5.32 Å². The van der Waals surface area contributed by atoms with Crippen LogP contribution in [-0.2, 0) is 6.54 Å². The maximum absolute atomic E-state index is 13.5. The van der Waals surface area contributed by atoms with Crippen molar-refractivity contribution in [1.82, 2.24) is 10.3 Å². The summed E-state index contributed by atoms with van der Waals surface area (Å²) in [4.78, 5) is 15.8. The highest BCUT2D eigenvalue weighted by Gasteiger charge is 2.12. The van der Waals surface area contributed by atoms with Gasteiger partial charge >= 0.3 is 0 Å². The molecule has 4 nitrogen and oxygen atoms in total. The first kappa shape index (κ1) is 14.2. The largest absolute Gasteiger partial charge is 0.348 e. The van der Waals surface area contributed by atoms with Gasteiger partial charge in [-0.1, -0.05) is 15.9 Å². The van der Waals surface area contributed by atoms with Crippen LogP contribution in [0.2, 0.25) is 0 Å². The molecule has 1 heterocycles. The molecule has 0 atom stereocenters. The summed E-state index contributed by atoms with van der Waals surface area (Å²) in [6.45, 7) is 0.0316. The average molecular weight is 334 g/mol. The number of hydrogen-bond donors (Lipinski definition) is 1. The summed E-state index contributed by atoms with van der Waals surface area (Å²) < 4.78 is 14.3. The van der Waals surface area contributed by atoms with Gasteiger partial charge in [0.2, 0.25) is 0 Å². The zero-order valence-electron chi connectivity index (χ0n) is 10.2. The van der Waals surface area contributed by atoms with E-state index in [1.165, 1.54) is 24.5 Å². The van der Waals surface area contributed by atoms with Crippen LogP contribution in [0.4, 0.5) is 4.39 Å². The quantitative estimate of drug-likeness (QED) is 0.939. The topological polar surface area (TPSA) is 65.8 Å². The Bertz CT molecular complexity index is 697. The molecule has 1 N–H and O–H groups in total. The van der Waals surface area contributed by atoms with Crippen molar-refractivity contribution >= 4 is 21.8 Å². The number of nitrogens with zero attached hydrogens (tertiary/aromatic N) is 2. The van der Waals surface area contributed by atoms with Gasteiger partial charge in [0.15, 0.2) is 0 Å². The molecule has 2 rings (SSSR count). The fourth-order valence-electron chi connectivity index (χ4n) is 1.62. The molecule has 0 saturated carbocycles. The SMILES string of the molecule is N#Cc1ccncc1C(=O)NCc1cc(Br)ccc1F. The van der Waals surface area contributed by atoms with Crippen molar-refractivity contribution < 1.29 is 9.18 Å². The van der Waals surface area contributed by atoms with Crippen LogP contribution in [0.5, 0.6) is 0 Å². The molecule has 0 unspecified atom stereocenters. The number of carbonyl (C=O) groups excluding carboxylic acids is 1. The fraction of sp³-hybridized carbons (Fsp3) is 0.0714. The number of rotatable bonds is 3. The van der Waals surface area contributed by atoms with E-state index in [1.54, 1.807) is 12.1 Å². The maximum Gasteiger partial charge on any atom is 0.254 e. The first-order valence-corrected chi connectivity index (χ1v) is 6.47. The molecule has 0 aliphatic heterocycles. The fourth-order valence-corrected chi connectivity index (χ4v) is 2.03. The Hall–Kier alpha value is -2.26. The Morgan fingerprint density at radius 1 is 1.45 bits per heavy atom. The number of halogens is 2. The second-order valence-electron chi connectivity index (χ2n) is 3.95. The summed E-state index contributed by atoms with van der Waals surface area (Å²) in [6.07, 6.45) is 2.74. The summed E-state index contributed by atoms with van der Waals surface area (Å²) in [7, 11) is 0. The number of pyridine rings is 1. The third-order valence-electron chi connectivity index (χ3n) is 2.63. The lowest BCUT2D eigenvalue weighted by molar-refractivity contribution is 0.0950. The van der Waals surface area contributed by atoms with Crippen LogP contribution in [0.15, 0.2) is 41.1 Å². The number of hydrogen-bond acceptors (Lipinski definition) is 3. The van der Waals surface area contributed by atoms with Gasteiger partial charge in [-0.25, -0.2) is 4.39 Å². The Balaban J connectivity index is 2.13. The Labute approximate surface area is 123 Å².